The Balaban J connectivity index is 1.70. The molecule has 0 bridgehead atoms. The summed E-state index contributed by atoms with van der Waals surface area (Å²) >= 11 is 0. The maximum atomic E-state index is 10.5. The highest BCUT2D eigenvalue weighted by atomic mass is 16.5. The number of aromatic nitrogens is 2. The molecule has 0 unspecified atom stereocenters. The molecule has 4 N–H and O–H groups in total. The summed E-state index contributed by atoms with van der Waals surface area (Å²) in [6.45, 7) is 1.86. The zero-order valence-electron chi connectivity index (χ0n) is 12.2. The molecule has 1 amide bonds. The molecular formula is C15H18N4O3. The standard InChI is InChI=1S/C15H18N4O3/c1-9-13(16)19(11-5-3-2-4-6-11)18-14(9)22-12-7-10(8-12)17-15(20)21/h2-6,10,12,17H,7-8,16H2,1H3,(H,20,21). The van der Waals surface area contributed by atoms with Crippen LogP contribution in [0.4, 0.5) is 10.6 Å². The van der Waals surface area contributed by atoms with Gasteiger partial charge in [0.2, 0.25) is 5.88 Å². The van der Waals surface area contributed by atoms with E-state index in [1.807, 2.05) is 37.3 Å². The van der Waals surface area contributed by atoms with E-state index in [0.717, 1.165) is 11.3 Å². The van der Waals surface area contributed by atoms with Gasteiger partial charge < -0.3 is 20.9 Å². The molecule has 2 aromatic rings. The number of nitrogens with zero attached hydrogens (tertiary/aromatic N) is 2. The number of amides is 1. The van der Waals surface area contributed by atoms with Gasteiger partial charge in [-0.25, -0.2) is 9.48 Å². The smallest absolute Gasteiger partial charge is 0.404 e. The first-order valence-electron chi connectivity index (χ1n) is 7.11. The molecule has 7 heteroatoms. The third kappa shape index (κ3) is 2.69. The molecular weight excluding hydrogens is 284 g/mol. The minimum Gasteiger partial charge on any atom is -0.473 e. The molecule has 1 saturated carbocycles. The van der Waals surface area contributed by atoms with Crippen molar-refractivity contribution in [3.63, 3.8) is 0 Å². The van der Waals surface area contributed by atoms with Gasteiger partial charge in [0, 0.05) is 18.9 Å². The maximum absolute atomic E-state index is 10.5. The number of carboxylic acid groups (broad SMARTS) is 1. The van der Waals surface area contributed by atoms with Crippen LogP contribution in [0.15, 0.2) is 30.3 Å². The van der Waals surface area contributed by atoms with Crippen LogP contribution in [0.5, 0.6) is 5.88 Å². The van der Waals surface area contributed by atoms with Crippen LogP contribution in [0.1, 0.15) is 18.4 Å². The lowest BCUT2D eigenvalue weighted by Crippen LogP contribution is -2.48. The molecule has 0 spiro atoms. The number of benzene rings is 1. The van der Waals surface area contributed by atoms with Gasteiger partial charge in [0.15, 0.2) is 0 Å². The van der Waals surface area contributed by atoms with Crippen LogP contribution in [-0.2, 0) is 0 Å². The number of anilines is 1. The number of nitrogen functional groups attached to an aromatic ring is 1. The summed E-state index contributed by atoms with van der Waals surface area (Å²) in [5.74, 6) is 1.04. The van der Waals surface area contributed by atoms with Crippen LogP contribution in [0.3, 0.4) is 0 Å². The molecule has 0 saturated heterocycles. The Morgan fingerprint density at radius 2 is 2.09 bits per heavy atom. The van der Waals surface area contributed by atoms with E-state index in [-0.39, 0.29) is 12.1 Å². The lowest BCUT2D eigenvalue weighted by molar-refractivity contribution is 0.0783. The fraction of sp³-hybridized carbons (Fsp3) is 0.333. The third-order valence-electron chi connectivity index (χ3n) is 3.83. The van der Waals surface area contributed by atoms with Gasteiger partial charge in [-0.1, -0.05) is 18.2 Å². The van der Waals surface area contributed by atoms with Crippen LogP contribution < -0.4 is 15.8 Å². The second-order valence-electron chi connectivity index (χ2n) is 5.42. The number of rotatable bonds is 4. The average Bonchev–Trinajstić information content (AvgIpc) is 2.74. The number of carbonyl (C=O) groups is 1. The Morgan fingerprint density at radius 3 is 2.73 bits per heavy atom. The largest absolute Gasteiger partial charge is 0.473 e. The highest BCUT2D eigenvalue weighted by Gasteiger charge is 2.33. The lowest BCUT2D eigenvalue weighted by atomic mass is 9.89. The zero-order valence-corrected chi connectivity index (χ0v) is 12.2. The molecule has 1 aromatic heterocycles. The number of nitrogens with one attached hydrogen (secondary N) is 1. The number of hydrogen-bond donors (Lipinski definition) is 3. The zero-order chi connectivity index (χ0) is 15.7. The average molecular weight is 302 g/mol. The highest BCUT2D eigenvalue weighted by molar-refractivity contribution is 5.65. The third-order valence-corrected chi connectivity index (χ3v) is 3.83. The van der Waals surface area contributed by atoms with Gasteiger partial charge >= 0.3 is 6.09 Å². The van der Waals surface area contributed by atoms with Gasteiger partial charge in [0.05, 0.1) is 11.3 Å². The molecule has 22 heavy (non-hydrogen) atoms. The van der Waals surface area contributed by atoms with Crippen molar-refractivity contribution in [2.24, 2.45) is 0 Å². The van der Waals surface area contributed by atoms with Crippen molar-refractivity contribution in [3.05, 3.63) is 35.9 Å². The van der Waals surface area contributed by atoms with Crippen molar-refractivity contribution in [3.8, 4) is 11.6 Å². The Kier molecular flexibility index (Phi) is 3.62. The van der Waals surface area contributed by atoms with E-state index in [9.17, 15) is 4.79 Å². The van der Waals surface area contributed by atoms with E-state index < -0.39 is 6.09 Å². The van der Waals surface area contributed by atoms with Gasteiger partial charge in [-0.2, -0.15) is 0 Å². The van der Waals surface area contributed by atoms with Crippen LogP contribution in [0, 0.1) is 6.92 Å². The minimum absolute atomic E-state index is 0.0333. The van der Waals surface area contributed by atoms with Gasteiger partial charge in [-0.3, -0.25) is 0 Å². The second kappa shape index (κ2) is 5.59. The summed E-state index contributed by atoms with van der Waals surface area (Å²) < 4.78 is 7.48. The maximum Gasteiger partial charge on any atom is 0.404 e. The minimum atomic E-state index is -1.00. The number of nitrogens with two attached hydrogens (primary N) is 1. The van der Waals surface area contributed by atoms with Crippen molar-refractivity contribution in [2.75, 3.05) is 5.73 Å². The summed E-state index contributed by atoms with van der Waals surface area (Å²) in [6.07, 6.45) is 0.250. The molecule has 116 valence electrons. The van der Waals surface area contributed by atoms with Crippen molar-refractivity contribution in [2.45, 2.75) is 31.9 Å². The Bertz CT molecular complexity index is 678. The molecule has 1 aliphatic rings. The molecule has 0 atom stereocenters. The van der Waals surface area contributed by atoms with Crippen molar-refractivity contribution in [1.29, 1.82) is 0 Å². The fourth-order valence-electron chi connectivity index (χ4n) is 2.48. The molecule has 1 aromatic carbocycles. The fourth-order valence-corrected chi connectivity index (χ4v) is 2.48. The van der Waals surface area contributed by atoms with Gasteiger partial charge in [-0.15, -0.1) is 5.10 Å². The summed E-state index contributed by atoms with van der Waals surface area (Å²) in [5.41, 5.74) is 7.76. The van der Waals surface area contributed by atoms with Crippen LogP contribution in [0.2, 0.25) is 0 Å². The summed E-state index contributed by atoms with van der Waals surface area (Å²) in [6, 6.07) is 9.56. The quantitative estimate of drug-likeness (QED) is 0.801. The lowest BCUT2D eigenvalue weighted by Gasteiger charge is -2.34. The van der Waals surface area contributed by atoms with Crippen molar-refractivity contribution < 1.29 is 14.6 Å². The molecule has 3 rings (SSSR count). The van der Waals surface area contributed by atoms with E-state index in [1.54, 1.807) is 4.68 Å². The summed E-state index contributed by atoms with van der Waals surface area (Å²) in [5, 5.41) is 15.5. The monoisotopic (exact) mass is 302 g/mol. The Morgan fingerprint density at radius 1 is 1.41 bits per heavy atom. The molecule has 0 radical (unpaired) electrons. The van der Waals surface area contributed by atoms with Crippen molar-refractivity contribution >= 4 is 11.9 Å². The topological polar surface area (TPSA) is 102 Å². The molecule has 7 nitrogen and oxygen atoms in total. The summed E-state index contributed by atoms with van der Waals surface area (Å²) in [7, 11) is 0. The summed E-state index contributed by atoms with van der Waals surface area (Å²) in [4.78, 5) is 10.5. The Hall–Kier alpha value is -2.70. The SMILES string of the molecule is Cc1c(OC2CC(NC(=O)O)C2)nn(-c2ccccc2)c1N. The number of hydrogen-bond acceptors (Lipinski definition) is 4. The van der Waals surface area contributed by atoms with Crippen LogP contribution >= 0.6 is 0 Å². The van der Waals surface area contributed by atoms with Crippen LogP contribution in [0.25, 0.3) is 5.69 Å². The van der Waals surface area contributed by atoms with E-state index in [1.165, 1.54) is 0 Å². The highest BCUT2D eigenvalue weighted by Crippen LogP contribution is 2.30. The van der Waals surface area contributed by atoms with Gasteiger partial charge in [-0.05, 0) is 19.1 Å². The van der Waals surface area contributed by atoms with Gasteiger partial charge in [0.1, 0.15) is 11.9 Å². The van der Waals surface area contributed by atoms with E-state index in [0.29, 0.717) is 24.5 Å². The Labute approximate surface area is 127 Å². The van der Waals surface area contributed by atoms with Crippen LogP contribution in [-0.4, -0.2) is 33.1 Å². The molecule has 0 aliphatic heterocycles. The first-order valence-corrected chi connectivity index (χ1v) is 7.11. The first kappa shape index (κ1) is 14.2. The molecule has 1 heterocycles. The van der Waals surface area contributed by atoms with Gasteiger partial charge in [0.25, 0.3) is 0 Å². The van der Waals surface area contributed by atoms with E-state index >= 15 is 0 Å². The normalized spacial score (nSPS) is 20.2. The number of ether oxygens (including phenoxy) is 1. The predicted molar refractivity (Wildman–Crippen MR) is 81.3 cm³/mol. The molecule has 1 fully saturated rings. The second-order valence-corrected chi connectivity index (χ2v) is 5.42. The first-order chi connectivity index (χ1) is 10.5. The van der Waals surface area contributed by atoms with E-state index in [4.69, 9.17) is 15.6 Å². The molecule has 1 aliphatic carbocycles. The predicted octanol–water partition coefficient (Wildman–Crippen LogP) is 1.94. The number of para-hydroxylation sites is 1. The van der Waals surface area contributed by atoms with E-state index in [2.05, 4.69) is 10.4 Å². The van der Waals surface area contributed by atoms with Crippen molar-refractivity contribution in [1.82, 2.24) is 15.1 Å².